The molecule has 2 fully saturated rings. The average Bonchev–Trinajstić information content (AvgIpc) is 2.66. The predicted octanol–water partition coefficient (Wildman–Crippen LogP) is 1.63. The van der Waals surface area contributed by atoms with Crippen LogP contribution >= 0.6 is 35.7 Å². The van der Waals surface area contributed by atoms with Crippen molar-refractivity contribution in [1.82, 2.24) is 15.8 Å². The second-order valence-corrected chi connectivity index (χ2v) is 6.98. The molecule has 6 heteroatoms. The monoisotopic (exact) mass is 262 g/mol. The molecular weight excluding hydrogens is 246 g/mol. The Hall–Kier alpha value is 0.510. The maximum absolute atomic E-state index is 4.98. The molecule has 15 heavy (non-hydrogen) atoms. The summed E-state index contributed by atoms with van der Waals surface area (Å²) < 4.78 is 1.09. The van der Waals surface area contributed by atoms with Crippen molar-refractivity contribution in [2.24, 2.45) is 0 Å². The minimum Gasteiger partial charge on any atom is -0.303 e. The first-order valence-electron chi connectivity index (χ1n) is 5.35. The van der Waals surface area contributed by atoms with Gasteiger partial charge in [-0.05, 0) is 38.1 Å². The summed E-state index contributed by atoms with van der Waals surface area (Å²) in [6.07, 6.45) is 4.16. The molecule has 1 atom stereocenters. The Labute approximate surface area is 105 Å². The van der Waals surface area contributed by atoms with Gasteiger partial charge in [0.25, 0.3) is 0 Å². The van der Waals surface area contributed by atoms with Crippen molar-refractivity contribution in [2.45, 2.75) is 24.0 Å². The molecule has 2 rings (SSSR count). The van der Waals surface area contributed by atoms with Crippen LogP contribution in [0, 0.1) is 0 Å². The number of likely N-dealkylation sites (tertiary alicyclic amines) is 1. The second kappa shape index (κ2) is 6.30. The normalized spacial score (nSPS) is 28.0. The molecule has 0 aromatic rings. The number of thioether (sulfide) groups is 2. The van der Waals surface area contributed by atoms with E-state index in [0.717, 1.165) is 4.32 Å². The van der Waals surface area contributed by atoms with Crippen LogP contribution in [0.1, 0.15) is 19.3 Å². The SMILES string of the molecule is S=C1[N]NC(SCCN2CCCCC2)S1. The number of nitrogens with one attached hydrogen (secondary N) is 1. The van der Waals surface area contributed by atoms with Gasteiger partial charge in [-0.1, -0.05) is 18.2 Å². The summed E-state index contributed by atoms with van der Waals surface area (Å²) in [4.78, 5) is 2.56. The molecule has 1 N–H and O–H groups in total. The van der Waals surface area contributed by atoms with E-state index in [1.807, 2.05) is 11.8 Å². The molecule has 2 aliphatic rings. The Morgan fingerprint density at radius 2 is 2.27 bits per heavy atom. The van der Waals surface area contributed by atoms with E-state index in [1.165, 1.54) is 44.6 Å². The van der Waals surface area contributed by atoms with Gasteiger partial charge in [-0.25, -0.2) is 0 Å². The molecule has 0 spiro atoms. The standard InChI is InChI=1S/C9H16N3S3/c13-8-10-11-9(15-8)14-7-6-12-4-2-1-3-5-12/h9,11H,1-7H2. The van der Waals surface area contributed by atoms with Crippen LogP contribution in [0.4, 0.5) is 0 Å². The fraction of sp³-hybridized carbons (Fsp3) is 0.889. The Balaban J connectivity index is 1.56. The average molecular weight is 262 g/mol. The molecule has 0 aromatic carbocycles. The van der Waals surface area contributed by atoms with Gasteiger partial charge in [-0.3, -0.25) is 0 Å². The minimum absolute atomic E-state index is 0.349. The zero-order valence-corrected chi connectivity index (χ0v) is 11.1. The van der Waals surface area contributed by atoms with Crippen LogP contribution in [0.3, 0.4) is 0 Å². The topological polar surface area (TPSA) is 29.4 Å². The van der Waals surface area contributed by atoms with Crippen molar-refractivity contribution < 1.29 is 0 Å². The highest BCUT2D eigenvalue weighted by Crippen LogP contribution is 2.26. The first kappa shape index (κ1) is 12.0. The molecule has 0 bridgehead atoms. The van der Waals surface area contributed by atoms with Gasteiger partial charge in [0.2, 0.25) is 0 Å². The zero-order chi connectivity index (χ0) is 10.5. The van der Waals surface area contributed by atoms with Crippen molar-refractivity contribution in [2.75, 3.05) is 25.4 Å². The third-order valence-electron chi connectivity index (χ3n) is 2.59. The van der Waals surface area contributed by atoms with E-state index in [2.05, 4.69) is 15.8 Å². The zero-order valence-electron chi connectivity index (χ0n) is 8.65. The lowest BCUT2D eigenvalue weighted by molar-refractivity contribution is 0.242. The van der Waals surface area contributed by atoms with Crippen molar-refractivity contribution in [3.8, 4) is 0 Å². The molecule has 0 aliphatic carbocycles. The predicted molar refractivity (Wildman–Crippen MR) is 72.0 cm³/mol. The van der Waals surface area contributed by atoms with E-state index in [1.54, 1.807) is 11.8 Å². The van der Waals surface area contributed by atoms with Crippen molar-refractivity contribution in [1.29, 1.82) is 0 Å². The molecule has 3 nitrogen and oxygen atoms in total. The van der Waals surface area contributed by atoms with E-state index in [4.69, 9.17) is 12.2 Å². The van der Waals surface area contributed by atoms with Crippen molar-refractivity contribution >= 4 is 40.1 Å². The summed E-state index contributed by atoms with van der Waals surface area (Å²) in [6.45, 7) is 3.78. The first-order valence-corrected chi connectivity index (χ1v) is 7.69. The van der Waals surface area contributed by atoms with E-state index in [9.17, 15) is 0 Å². The highest BCUT2D eigenvalue weighted by Gasteiger charge is 2.21. The maximum Gasteiger partial charge on any atom is 0.176 e. The third kappa shape index (κ3) is 4.11. The van der Waals surface area contributed by atoms with Crippen molar-refractivity contribution in [3.05, 3.63) is 0 Å². The highest BCUT2D eigenvalue weighted by molar-refractivity contribution is 8.30. The smallest absolute Gasteiger partial charge is 0.176 e. The molecule has 2 saturated heterocycles. The Morgan fingerprint density at radius 3 is 2.93 bits per heavy atom. The van der Waals surface area contributed by atoms with Gasteiger partial charge in [-0.15, -0.1) is 11.8 Å². The van der Waals surface area contributed by atoms with E-state index >= 15 is 0 Å². The van der Waals surface area contributed by atoms with Gasteiger partial charge in [0.05, 0.1) is 0 Å². The fourth-order valence-corrected chi connectivity index (χ4v) is 4.25. The lowest BCUT2D eigenvalue weighted by Crippen LogP contribution is -2.32. The van der Waals surface area contributed by atoms with Crippen LogP contribution < -0.4 is 10.9 Å². The molecule has 0 amide bonds. The van der Waals surface area contributed by atoms with Crippen LogP contribution in [0.5, 0.6) is 0 Å². The van der Waals surface area contributed by atoms with Gasteiger partial charge in [0.1, 0.15) is 4.71 Å². The summed E-state index contributed by atoms with van der Waals surface area (Å²) in [5, 5.41) is 0. The largest absolute Gasteiger partial charge is 0.303 e. The molecule has 0 saturated carbocycles. The van der Waals surface area contributed by atoms with Gasteiger partial charge in [0, 0.05) is 12.3 Å². The quantitative estimate of drug-likeness (QED) is 0.778. The van der Waals surface area contributed by atoms with Gasteiger partial charge >= 0.3 is 0 Å². The van der Waals surface area contributed by atoms with E-state index in [-0.39, 0.29) is 0 Å². The number of thiocarbonyl (C=S) groups is 1. The maximum atomic E-state index is 4.98. The lowest BCUT2D eigenvalue weighted by Gasteiger charge is -2.26. The number of nitrogens with zero attached hydrogens (tertiary/aromatic N) is 2. The van der Waals surface area contributed by atoms with E-state index < -0.39 is 0 Å². The summed E-state index contributed by atoms with van der Waals surface area (Å²) in [7, 11) is 0. The summed E-state index contributed by atoms with van der Waals surface area (Å²) in [5.41, 5.74) is 7.03. The second-order valence-electron chi connectivity index (χ2n) is 3.73. The van der Waals surface area contributed by atoms with Crippen LogP contribution in [-0.2, 0) is 0 Å². The summed E-state index contributed by atoms with van der Waals surface area (Å²) >= 11 is 8.54. The molecule has 1 unspecified atom stereocenters. The number of piperidine rings is 1. The lowest BCUT2D eigenvalue weighted by atomic mass is 10.1. The van der Waals surface area contributed by atoms with Crippen LogP contribution in [0.25, 0.3) is 0 Å². The van der Waals surface area contributed by atoms with Gasteiger partial charge in [0.15, 0.2) is 4.32 Å². The summed E-state index contributed by atoms with van der Waals surface area (Å²) in [6, 6.07) is 0. The molecule has 0 aromatic heterocycles. The van der Waals surface area contributed by atoms with E-state index in [0.29, 0.717) is 4.71 Å². The van der Waals surface area contributed by atoms with Crippen molar-refractivity contribution in [3.63, 3.8) is 0 Å². The Morgan fingerprint density at radius 1 is 1.47 bits per heavy atom. The molecule has 2 aliphatic heterocycles. The van der Waals surface area contributed by atoms with Gasteiger partial charge < -0.3 is 4.90 Å². The summed E-state index contributed by atoms with van der Waals surface area (Å²) in [5.74, 6) is 1.17. The van der Waals surface area contributed by atoms with Crippen LogP contribution in [0.2, 0.25) is 0 Å². The number of hydrogen-bond acceptors (Lipinski definition) is 5. The molecule has 1 radical (unpaired) electrons. The fourth-order valence-electron chi connectivity index (χ4n) is 1.79. The third-order valence-corrected chi connectivity index (χ3v) is 5.11. The highest BCUT2D eigenvalue weighted by atomic mass is 32.2. The Kier molecular flexibility index (Phi) is 5.03. The van der Waals surface area contributed by atoms with Crippen LogP contribution in [-0.4, -0.2) is 39.3 Å². The minimum atomic E-state index is 0.349. The first-order chi connectivity index (χ1) is 7.34. The van der Waals surface area contributed by atoms with Gasteiger partial charge in [-0.2, -0.15) is 10.9 Å². The molecular formula is C9H16N3S3. The molecule has 2 heterocycles. The Bertz CT molecular complexity index is 219. The van der Waals surface area contributed by atoms with Crippen LogP contribution in [0.15, 0.2) is 0 Å². The number of hydrogen-bond donors (Lipinski definition) is 1. The number of rotatable bonds is 4. The molecule has 85 valence electrons.